The first-order chi connectivity index (χ1) is 6.57. The van der Waals surface area contributed by atoms with Gasteiger partial charge in [-0.1, -0.05) is 26.8 Å². The molecular formula is C13H19N. The van der Waals surface area contributed by atoms with Gasteiger partial charge in [-0.15, -0.1) is 0 Å². The van der Waals surface area contributed by atoms with E-state index in [0.29, 0.717) is 0 Å². The Bertz CT molecular complexity index is 334. The Hall–Kier alpha value is -0.850. The van der Waals surface area contributed by atoms with Crippen LogP contribution < -0.4 is 0 Å². The fourth-order valence-electron chi connectivity index (χ4n) is 2.00. The van der Waals surface area contributed by atoms with Gasteiger partial charge in [0.1, 0.15) is 0 Å². The Kier molecular flexibility index (Phi) is 2.34. The van der Waals surface area contributed by atoms with Crippen molar-refractivity contribution in [3.63, 3.8) is 0 Å². The van der Waals surface area contributed by atoms with E-state index in [1.165, 1.54) is 42.5 Å². The highest BCUT2D eigenvalue weighted by Crippen LogP contribution is 2.26. The fourth-order valence-corrected chi connectivity index (χ4v) is 2.00. The van der Waals surface area contributed by atoms with Crippen LogP contribution in [0, 0.1) is 0 Å². The summed E-state index contributed by atoms with van der Waals surface area (Å²) in [6, 6.07) is 2.36. The molecule has 0 saturated carbocycles. The first kappa shape index (κ1) is 9.70. The maximum Gasteiger partial charge on any atom is 0.0435 e. The summed E-state index contributed by atoms with van der Waals surface area (Å²) < 4.78 is 0. The SMILES string of the molecule is CC(C)(C)c1cnc2c(c1)CCCC2. The molecule has 0 spiro atoms. The molecule has 1 heteroatoms. The van der Waals surface area contributed by atoms with Gasteiger partial charge in [0, 0.05) is 11.9 Å². The van der Waals surface area contributed by atoms with Crippen LogP contribution in [-0.4, -0.2) is 4.98 Å². The summed E-state index contributed by atoms with van der Waals surface area (Å²) in [5.41, 5.74) is 4.44. The average molecular weight is 189 g/mol. The average Bonchev–Trinajstić information content (AvgIpc) is 2.16. The van der Waals surface area contributed by atoms with Crippen LogP contribution in [0.3, 0.4) is 0 Å². The number of rotatable bonds is 0. The van der Waals surface area contributed by atoms with Crippen LogP contribution in [0.5, 0.6) is 0 Å². The van der Waals surface area contributed by atoms with Crippen LogP contribution >= 0.6 is 0 Å². The lowest BCUT2D eigenvalue weighted by Crippen LogP contribution is -2.14. The summed E-state index contributed by atoms with van der Waals surface area (Å²) in [5.74, 6) is 0. The zero-order valence-electron chi connectivity index (χ0n) is 9.43. The van der Waals surface area contributed by atoms with Crippen LogP contribution in [0.1, 0.15) is 50.4 Å². The van der Waals surface area contributed by atoms with E-state index in [2.05, 4.69) is 38.0 Å². The molecule has 76 valence electrons. The van der Waals surface area contributed by atoms with E-state index in [1.807, 2.05) is 0 Å². The van der Waals surface area contributed by atoms with Crippen molar-refractivity contribution in [2.45, 2.75) is 51.9 Å². The number of fused-ring (bicyclic) bond motifs is 1. The van der Waals surface area contributed by atoms with E-state index in [-0.39, 0.29) is 5.41 Å². The molecule has 0 bridgehead atoms. The van der Waals surface area contributed by atoms with Gasteiger partial charge >= 0.3 is 0 Å². The van der Waals surface area contributed by atoms with Crippen molar-refractivity contribution >= 4 is 0 Å². The minimum absolute atomic E-state index is 0.236. The summed E-state index contributed by atoms with van der Waals surface area (Å²) in [6.45, 7) is 6.75. The molecule has 0 N–H and O–H groups in total. The highest BCUT2D eigenvalue weighted by atomic mass is 14.7. The lowest BCUT2D eigenvalue weighted by Gasteiger charge is -2.22. The molecule has 14 heavy (non-hydrogen) atoms. The van der Waals surface area contributed by atoms with Crippen molar-refractivity contribution in [2.24, 2.45) is 0 Å². The van der Waals surface area contributed by atoms with Gasteiger partial charge in [0.05, 0.1) is 0 Å². The topological polar surface area (TPSA) is 12.9 Å². The second kappa shape index (κ2) is 3.38. The Morgan fingerprint density at radius 2 is 1.86 bits per heavy atom. The van der Waals surface area contributed by atoms with Crippen LogP contribution in [0.4, 0.5) is 0 Å². The van der Waals surface area contributed by atoms with Gasteiger partial charge in [0.15, 0.2) is 0 Å². The van der Waals surface area contributed by atoms with Gasteiger partial charge in [0.2, 0.25) is 0 Å². The second-order valence-electron chi connectivity index (χ2n) is 5.29. The summed E-state index contributed by atoms with van der Waals surface area (Å²) >= 11 is 0. The molecule has 1 aromatic heterocycles. The standard InChI is InChI=1S/C13H19N/c1-13(2,3)11-8-10-6-4-5-7-12(10)14-9-11/h8-9H,4-7H2,1-3H3. The number of pyridine rings is 1. The van der Waals surface area contributed by atoms with E-state index < -0.39 is 0 Å². The Morgan fingerprint density at radius 3 is 2.57 bits per heavy atom. The summed E-state index contributed by atoms with van der Waals surface area (Å²) in [7, 11) is 0. The number of hydrogen-bond acceptors (Lipinski definition) is 1. The van der Waals surface area contributed by atoms with Gasteiger partial charge in [-0.2, -0.15) is 0 Å². The van der Waals surface area contributed by atoms with E-state index in [4.69, 9.17) is 0 Å². The largest absolute Gasteiger partial charge is 0.261 e. The van der Waals surface area contributed by atoms with Gasteiger partial charge in [-0.3, -0.25) is 4.98 Å². The monoisotopic (exact) mass is 189 g/mol. The third kappa shape index (κ3) is 1.82. The number of nitrogens with zero attached hydrogens (tertiary/aromatic N) is 1. The van der Waals surface area contributed by atoms with Gasteiger partial charge in [-0.05, 0) is 42.2 Å². The minimum Gasteiger partial charge on any atom is -0.261 e. The molecule has 1 aliphatic carbocycles. The third-order valence-corrected chi connectivity index (χ3v) is 3.04. The van der Waals surface area contributed by atoms with Crippen molar-refractivity contribution in [3.8, 4) is 0 Å². The molecule has 1 aromatic rings. The third-order valence-electron chi connectivity index (χ3n) is 3.04. The highest BCUT2D eigenvalue weighted by Gasteiger charge is 2.17. The molecule has 1 nitrogen and oxygen atoms in total. The van der Waals surface area contributed by atoms with Crippen molar-refractivity contribution in [3.05, 3.63) is 29.1 Å². The van der Waals surface area contributed by atoms with Crippen LogP contribution in [0.15, 0.2) is 12.3 Å². The van der Waals surface area contributed by atoms with Crippen LogP contribution in [-0.2, 0) is 18.3 Å². The van der Waals surface area contributed by atoms with Crippen LogP contribution in [0.25, 0.3) is 0 Å². The van der Waals surface area contributed by atoms with E-state index in [1.54, 1.807) is 0 Å². The van der Waals surface area contributed by atoms with Gasteiger partial charge < -0.3 is 0 Å². The molecule has 1 aliphatic rings. The molecule has 0 aromatic carbocycles. The van der Waals surface area contributed by atoms with Crippen molar-refractivity contribution < 1.29 is 0 Å². The summed E-state index contributed by atoms with van der Waals surface area (Å²) in [5, 5.41) is 0. The van der Waals surface area contributed by atoms with E-state index in [9.17, 15) is 0 Å². The molecule has 0 unspecified atom stereocenters. The molecule has 2 rings (SSSR count). The highest BCUT2D eigenvalue weighted by molar-refractivity contribution is 5.30. The van der Waals surface area contributed by atoms with Gasteiger partial charge in [0.25, 0.3) is 0 Å². The first-order valence-corrected chi connectivity index (χ1v) is 5.55. The Labute approximate surface area is 86.6 Å². The molecule has 0 atom stereocenters. The smallest absolute Gasteiger partial charge is 0.0435 e. The number of aromatic nitrogens is 1. The maximum absolute atomic E-state index is 4.59. The van der Waals surface area contributed by atoms with Crippen molar-refractivity contribution in [2.75, 3.05) is 0 Å². The lowest BCUT2D eigenvalue weighted by atomic mass is 9.85. The molecule has 0 radical (unpaired) electrons. The van der Waals surface area contributed by atoms with Crippen molar-refractivity contribution in [1.29, 1.82) is 0 Å². The molecular weight excluding hydrogens is 170 g/mol. The Balaban J connectivity index is 2.39. The predicted octanol–water partition coefficient (Wildman–Crippen LogP) is 3.26. The first-order valence-electron chi connectivity index (χ1n) is 5.55. The summed E-state index contributed by atoms with van der Waals surface area (Å²) in [4.78, 5) is 4.59. The molecule has 0 saturated heterocycles. The molecule has 0 fully saturated rings. The minimum atomic E-state index is 0.236. The van der Waals surface area contributed by atoms with Crippen molar-refractivity contribution in [1.82, 2.24) is 4.98 Å². The number of hydrogen-bond donors (Lipinski definition) is 0. The summed E-state index contributed by atoms with van der Waals surface area (Å²) in [6.07, 6.45) is 7.12. The van der Waals surface area contributed by atoms with E-state index in [0.717, 1.165) is 0 Å². The fraction of sp³-hybridized carbons (Fsp3) is 0.615. The zero-order chi connectivity index (χ0) is 10.2. The normalized spacial score (nSPS) is 16.5. The van der Waals surface area contributed by atoms with Crippen LogP contribution in [0.2, 0.25) is 0 Å². The Morgan fingerprint density at radius 1 is 1.14 bits per heavy atom. The number of aryl methyl sites for hydroxylation is 2. The molecule has 1 heterocycles. The van der Waals surface area contributed by atoms with Gasteiger partial charge in [-0.25, -0.2) is 0 Å². The lowest BCUT2D eigenvalue weighted by molar-refractivity contribution is 0.579. The molecule has 0 aliphatic heterocycles. The molecule has 0 amide bonds. The van der Waals surface area contributed by atoms with E-state index >= 15 is 0 Å². The quantitative estimate of drug-likeness (QED) is 0.610. The second-order valence-corrected chi connectivity index (χ2v) is 5.29. The predicted molar refractivity (Wildman–Crippen MR) is 59.6 cm³/mol. The zero-order valence-corrected chi connectivity index (χ0v) is 9.43. The maximum atomic E-state index is 4.59.